The lowest BCUT2D eigenvalue weighted by Gasteiger charge is -2.11. The number of ether oxygens (including phenoxy) is 1. The average molecular weight is 442 g/mol. The molecule has 1 aromatic heterocycles. The summed E-state index contributed by atoms with van der Waals surface area (Å²) in [7, 11) is 1.62. The van der Waals surface area contributed by atoms with E-state index in [1.165, 1.54) is 11.8 Å². The molecule has 0 spiro atoms. The summed E-state index contributed by atoms with van der Waals surface area (Å²) in [6.45, 7) is 0. The highest BCUT2D eigenvalue weighted by molar-refractivity contribution is 7.99. The van der Waals surface area contributed by atoms with Crippen LogP contribution in [-0.4, -0.2) is 33.5 Å². The van der Waals surface area contributed by atoms with Gasteiger partial charge in [-0.15, -0.1) is 10.2 Å². The number of para-hydroxylation sites is 1. The number of rotatable bonds is 7. The molecule has 0 saturated carbocycles. The van der Waals surface area contributed by atoms with E-state index in [2.05, 4.69) is 21.6 Å². The number of thioether (sulfide) groups is 1. The molecular weight excluding hydrogens is 422 g/mol. The molecule has 0 aliphatic carbocycles. The van der Waals surface area contributed by atoms with E-state index in [1.54, 1.807) is 31.4 Å². The van der Waals surface area contributed by atoms with Crippen molar-refractivity contribution in [2.45, 2.75) is 5.16 Å². The summed E-state index contributed by atoms with van der Waals surface area (Å²) in [4.78, 5) is 12.5. The molecule has 32 heavy (non-hydrogen) atoms. The SMILES string of the molecule is COc1ccc(-c2nnc(SCC(=O)Nc3cccc(C#N)c3)n2-c2ccccc2)cc1. The summed E-state index contributed by atoms with van der Waals surface area (Å²) in [6.07, 6.45) is 0. The summed E-state index contributed by atoms with van der Waals surface area (Å²) >= 11 is 1.29. The number of benzene rings is 3. The minimum absolute atomic E-state index is 0.143. The van der Waals surface area contributed by atoms with E-state index in [0.29, 0.717) is 22.2 Å². The molecule has 3 aromatic carbocycles. The summed E-state index contributed by atoms with van der Waals surface area (Å²) in [5, 5.41) is 21.2. The first-order valence-corrected chi connectivity index (χ1v) is 10.7. The molecule has 0 saturated heterocycles. The summed E-state index contributed by atoms with van der Waals surface area (Å²) in [5.74, 6) is 1.37. The molecule has 1 amide bonds. The Hall–Kier alpha value is -4.09. The first-order valence-electron chi connectivity index (χ1n) is 9.76. The number of methoxy groups -OCH3 is 1. The summed E-state index contributed by atoms with van der Waals surface area (Å²) in [5.41, 5.74) is 2.85. The molecule has 0 unspecified atom stereocenters. The number of hydrogen-bond donors (Lipinski definition) is 1. The van der Waals surface area contributed by atoms with Gasteiger partial charge in [0.15, 0.2) is 11.0 Å². The molecule has 158 valence electrons. The predicted octanol–water partition coefficient (Wildman–Crippen LogP) is 4.55. The van der Waals surface area contributed by atoms with E-state index in [9.17, 15) is 4.79 Å². The number of carbonyl (C=O) groups is 1. The van der Waals surface area contributed by atoms with E-state index < -0.39 is 0 Å². The number of anilines is 1. The van der Waals surface area contributed by atoms with Crippen molar-refractivity contribution in [3.63, 3.8) is 0 Å². The number of hydrogen-bond acceptors (Lipinski definition) is 6. The van der Waals surface area contributed by atoms with E-state index in [-0.39, 0.29) is 11.7 Å². The lowest BCUT2D eigenvalue weighted by Crippen LogP contribution is -2.14. The fourth-order valence-electron chi connectivity index (χ4n) is 3.09. The van der Waals surface area contributed by atoms with Crippen LogP contribution in [0.3, 0.4) is 0 Å². The zero-order valence-electron chi connectivity index (χ0n) is 17.2. The van der Waals surface area contributed by atoms with Crippen LogP contribution in [0, 0.1) is 11.3 Å². The Bertz CT molecular complexity index is 1260. The quantitative estimate of drug-likeness (QED) is 0.423. The fraction of sp³-hybridized carbons (Fsp3) is 0.0833. The Morgan fingerprint density at radius 2 is 1.84 bits per heavy atom. The fourth-order valence-corrected chi connectivity index (χ4v) is 3.85. The van der Waals surface area contributed by atoms with Gasteiger partial charge in [0.25, 0.3) is 0 Å². The normalized spacial score (nSPS) is 10.4. The Labute approximate surface area is 189 Å². The number of amides is 1. The minimum atomic E-state index is -0.196. The number of nitriles is 1. The van der Waals surface area contributed by atoms with Crippen LogP contribution in [0.15, 0.2) is 84.0 Å². The molecule has 4 rings (SSSR count). The van der Waals surface area contributed by atoms with Crippen molar-refractivity contribution in [1.29, 1.82) is 5.26 Å². The molecule has 0 atom stereocenters. The van der Waals surface area contributed by atoms with Gasteiger partial charge in [0.05, 0.1) is 24.5 Å². The van der Waals surface area contributed by atoms with E-state index >= 15 is 0 Å². The van der Waals surface area contributed by atoms with Crippen molar-refractivity contribution in [3.05, 3.63) is 84.4 Å². The number of aromatic nitrogens is 3. The maximum Gasteiger partial charge on any atom is 0.234 e. The Morgan fingerprint density at radius 3 is 2.56 bits per heavy atom. The van der Waals surface area contributed by atoms with Gasteiger partial charge in [-0.2, -0.15) is 5.26 Å². The zero-order valence-corrected chi connectivity index (χ0v) is 18.0. The Morgan fingerprint density at radius 1 is 1.06 bits per heavy atom. The highest BCUT2D eigenvalue weighted by Gasteiger charge is 2.17. The Kier molecular flexibility index (Phi) is 6.49. The van der Waals surface area contributed by atoms with Crippen molar-refractivity contribution < 1.29 is 9.53 Å². The first kappa shape index (κ1) is 21.2. The van der Waals surface area contributed by atoms with Crippen molar-refractivity contribution in [2.24, 2.45) is 0 Å². The van der Waals surface area contributed by atoms with Gasteiger partial charge in [-0.1, -0.05) is 36.0 Å². The Balaban J connectivity index is 1.57. The zero-order chi connectivity index (χ0) is 22.3. The molecule has 0 bridgehead atoms. The van der Waals surface area contributed by atoms with E-state index in [0.717, 1.165) is 17.0 Å². The van der Waals surface area contributed by atoms with Gasteiger partial charge in [-0.3, -0.25) is 9.36 Å². The molecule has 0 radical (unpaired) electrons. The molecule has 0 fully saturated rings. The standard InChI is InChI=1S/C24H19N5O2S/c1-31-21-12-10-18(11-13-21)23-27-28-24(29(23)20-8-3-2-4-9-20)32-16-22(30)26-19-7-5-6-17(14-19)15-25/h2-14H,16H2,1H3,(H,26,30). The average Bonchev–Trinajstić information content (AvgIpc) is 3.27. The third kappa shape index (κ3) is 4.79. The summed E-state index contributed by atoms with van der Waals surface area (Å²) < 4.78 is 7.17. The predicted molar refractivity (Wildman–Crippen MR) is 124 cm³/mol. The van der Waals surface area contributed by atoms with E-state index in [1.807, 2.05) is 59.2 Å². The van der Waals surface area contributed by atoms with Crippen LogP contribution >= 0.6 is 11.8 Å². The first-order chi connectivity index (χ1) is 15.7. The van der Waals surface area contributed by atoms with Crippen LogP contribution < -0.4 is 10.1 Å². The van der Waals surface area contributed by atoms with Crippen LogP contribution in [0.25, 0.3) is 17.1 Å². The van der Waals surface area contributed by atoms with Crippen LogP contribution in [-0.2, 0) is 4.79 Å². The lowest BCUT2D eigenvalue weighted by atomic mass is 10.2. The molecule has 1 heterocycles. The van der Waals surface area contributed by atoms with Gasteiger partial charge in [-0.25, -0.2) is 0 Å². The van der Waals surface area contributed by atoms with Gasteiger partial charge in [-0.05, 0) is 54.6 Å². The van der Waals surface area contributed by atoms with Crippen molar-refractivity contribution in [1.82, 2.24) is 14.8 Å². The second-order valence-electron chi connectivity index (χ2n) is 6.74. The number of nitrogens with zero attached hydrogens (tertiary/aromatic N) is 4. The molecule has 1 N–H and O–H groups in total. The smallest absolute Gasteiger partial charge is 0.234 e. The van der Waals surface area contributed by atoms with Crippen LogP contribution in [0.4, 0.5) is 5.69 Å². The lowest BCUT2D eigenvalue weighted by molar-refractivity contribution is -0.113. The van der Waals surface area contributed by atoms with Gasteiger partial charge in [0.1, 0.15) is 5.75 Å². The highest BCUT2D eigenvalue weighted by Crippen LogP contribution is 2.29. The monoisotopic (exact) mass is 441 g/mol. The second-order valence-corrected chi connectivity index (χ2v) is 7.68. The maximum absolute atomic E-state index is 12.5. The number of carbonyl (C=O) groups excluding carboxylic acids is 1. The molecule has 0 aliphatic rings. The van der Waals surface area contributed by atoms with Gasteiger partial charge in [0.2, 0.25) is 5.91 Å². The third-order valence-electron chi connectivity index (χ3n) is 4.60. The number of nitrogens with one attached hydrogen (secondary N) is 1. The van der Waals surface area contributed by atoms with Gasteiger partial charge in [0, 0.05) is 16.9 Å². The van der Waals surface area contributed by atoms with Gasteiger partial charge >= 0.3 is 0 Å². The van der Waals surface area contributed by atoms with Gasteiger partial charge < -0.3 is 10.1 Å². The second kappa shape index (κ2) is 9.81. The minimum Gasteiger partial charge on any atom is -0.497 e. The molecule has 7 nitrogen and oxygen atoms in total. The van der Waals surface area contributed by atoms with Crippen molar-refractivity contribution >= 4 is 23.4 Å². The van der Waals surface area contributed by atoms with E-state index in [4.69, 9.17) is 10.00 Å². The molecule has 0 aliphatic heterocycles. The van der Waals surface area contributed by atoms with Crippen LogP contribution in [0.1, 0.15) is 5.56 Å². The topological polar surface area (TPSA) is 92.8 Å². The maximum atomic E-state index is 12.5. The van der Waals surface area contributed by atoms with Crippen molar-refractivity contribution in [2.75, 3.05) is 18.2 Å². The molecule has 8 heteroatoms. The summed E-state index contributed by atoms with van der Waals surface area (Å²) in [6, 6.07) is 26.2. The highest BCUT2D eigenvalue weighted by atomic mass is 32.2. The third-order valence-corrected chi connectivity index (χ3v) is 5.53. The molecule has 4 aromatic rings. The van der Waals surface area contributed by atoms with Crippen LogP contribution in [0.2, 0.25) is 0 Å². The largest absolute Gasteiger partial charge is 0.497 e. The van der Waals surface area contributed by atoms with Crippen molar-refractivity contribution in [3.8, 4) is 28.9 Å². The molecular formula is C24H19N5O2S. The van der Waals surface area contributed by atoms with Crippen LogP contribution in [0.5, 0.6) is 5.75 Å².